The molecule has 3 aliphatic rings. The molecule has 2 aromatic heterocycles. The van der Waals surface area contributed by atoms with Crippen molar-refractivity contribution >= 4 is 40.9 Å². The number of anilines is 2. The number of nitrogens with one attached hydrogen (secondary N) is 3. The van der Waals surface area contributed by atoms with Crippen molar-refractivity contribution in [3.63, 3.8) is 0 Å². The number of benzene rings is 3. The second-order valence-corrected chi connectivity index (χ2v) is 14.6. The molecule has 0 spiro atoms. The number of hydrogen-bond donors (Lipinski definition) is 6. The van der Waals surface area contributed by atoms with Crippen molar-refractivity contribution in [3.05, 3.63) is 108 Å². The summed E-state index contributed by atoms with van der Waals surface area (Å²) in [6.07, 6.45) is -0.469. The van der Waals surface area contributed by atoms with Crippen LogP contribution in [-0.4, -0.2) is 114 Å². The number of phenols is 1. The minimum atomic E-state index is -1.70. The van der Waals surface area contributed by atoms with Crippen molar-refractivity contribution in [2.45, 2.75) is 55.6 Å². The topological polar surface area (TPSA) is 201 Å². The number of aromatic nitrogens is 4. The second-order valence-electron chi connectivity index (χ2n) is 14.6. The lowest BCUT2D eigenvalue weighted by Crippen LogP contribution is -2.59. The molecule has 0 bridgehead atoms. The van der Waals surface area contributed by atoms with Gasteiger partial charge in [-0.25, -0.2) is 19.5 Å². The quantitative estimate of drug-likeness (QED) is 0.108. The molecule has 0 radical (unpaired) electrons. The molecule has 0 unspecified atom stereocenters. The molecular formula is C40H44N10O6. The molecule has 4 heterocycles. The van der Waals surface area contributed by atoms with Gasteiger partial charge >= 0.3 is 12.1 Å². The molecule has 4 atom stereocenters. The fourth-order valence-electron chi connectivity index (χ4n) is 8.17. The highest BCUT2D eigenvalue weighted by atomic mass is 16.3. The van der Waals surface area contributed by atoms with Crippen LogP contribution < -0.4 is 20.9 Å². The summed E-state index contributed by atoms with van der Waals surface area (Å²) in [5.74, 6) is 0.265. The zero-order chi connectivity index (χ0) is 39.0. The first-order chi connectivity index (χ1) is 27.1. The van der Waals surface area contributed by atoms with Crippen molar-refractivity contribution in [1.29, 1.82) is 0 Å². The van der Waals surface area contributed by atoms with Gasteiger partial charge in [0.05, 0.1) is 12.4 Å². The van der Waals surface area contributed by atoms with Crippen molar-refractivity contribution in [2.24, 2.45) is 0 Å². The monoisotopic (exact) mass is 760 g/mol. The molecule has 6 N–H and O–H groups in total. The van der Waals surface area contributed by atoms with Gasteiger partial charge in [-0.2, -0.15) is 9.97 Å². The molecule has 16 heteroatoms. The van der Waals surface area contributed by atoms with Crippen molar-refractivity contribution in [3.8, 4) is 5.75 Å². The first kappa shape index (κ1) is 36.7. The van der Waals surface area contributed by atoms with Gasteiger partial charge in [-0.05, 0) is 48.1 Å². The van der Waals surface area contributed by atoms with E-state index in [0.717, 1.165) is 21.6 Å². The molecule has 8 rings (SSSR count). The summed E-state index contributed by atoms with van der Waals surface area (Å²) in [6.45, 7) is 1.38. The Hall–Kier alpha value is -6.26. The van der Waals surface area contributed by atoms with Gasteiger partial charge in [0.1, 0.15) is 18.4 Å². The number of aliphatic hydroxyl groups is 2. The number of imide groups is 1. The Kier molecular flexibility index (Phi) is 9.90. The number of hydrogen-bond acceptors (Lipinski definition) is 11. The van der Waals surface area contributed by atoms with Crippen molar-refractivity contribution in [2.75, 3.05) is 43.4 Å². The van der Waals surface area contributed by atoms with E-state index in [9.17, 15) is 29.7 Å². The van der Waals surface area contributed by atoms with Crippen LogP contribution in [0, 0.1) is 0 Å². The number of aromatic hydroxyl groups is 1. The van der Waals surface area contributed by atoms with Gasteiger partial charge in [0, 0.05) is 45.2 Å². The second kappa shape index (κ2) is 15.1. The summed E-state index contributed by atoms with van der Waals surface area (Å²) in [5, 5.41) is 41.7. The average molecular weight is 761 g/mol. The third-order valence-corrected chi connectivity index (χ3v) is 11.0. The SMILES string of the molecule is CN1CC(=O)N([C@]2(n3cnc4c(NCC(c5ccccc5)c5ccccc5)nc(N5CC[C@@H](NC(=O)NCc6cccc(O)c6)C5)nc43)CC[C@@H](O)[C@H]2O)C1=O. The number of carbonyl (C=O) groups excluding carboxylic acids is 3. The van der Waals surface area contributed by atoms with Crippen molar-refractivity contribution in [1.82, 2.24) is 40.0 Å². The third kappa shape index (κ3) is 6.81. The summed E-state index contributed by atoms with van der Waals surface area (Å²) >= 11 is 0. The molecule has 290 valence electrons. The Morgan fingerprint density at radius 3 is 2.34 bits per heavy atom. The smallest absolute Gasteiger partial charge is 0.329 e. The van der Waals surface area contributed by atoms with Crippen LogP contribution in [-0.2, 0) is 17.0 Å². The summed E-state index contributed by atoms with van der Waals surface area (Å²) in [5.41, 5.74) is 1.86. The molecular weight excluding hydrogens is 717 g/mol. The van der Waals surface area contributed by atoms with Gasteiger partial charge in [0.2, 0.25) is 5.95 Å². The summed E-state index contributed by atoms with van der Waals surface area (Å²) in [6, 6.07) is 25.7. The maximum Gasteiger partial charge on any atom is 0.329 e. The standard InChI is InChI=1S/C40H44N10O6/c1-47-23-32(53)50(39(47)56)40(17-15-31(52)34(40)54)49-24-43-33-35(41-21-30(26-10-4-2-5-11-26)27-12-6-3-7-13-27)45-37(46-36(33)49)48-18-16-28(22-48)44-38(55)42-20-25-9-8-14-29(51)19-25/h2-14,19,24,28,30-31,34,51-52,54H,15-18,20-23H2,1H3,(H,41,45,46)(H2,42,44,55)/t28-,31-,34-,40-/m1/s1. The van der Waals surface area contributed by atoms with Crippen LogP contribution in [0.2, 0.25) is 0 Å². The van der Waals surface area contributed by atoms with Crippen LogP contribution in [0.15, 0.2) is 91.3 Å². The number of aliphatic hydroxyl groups excluding tert-OH is 2. The van der Waals surface area contributed by atoms with Crippen LogP contribution >= 0.6 is 0 Å². The predicted molar refractivity (Wildman–Crippen MR) is 207 cm³/mol. The first-order valence-corrected chi connectivity index (χ1v) is 18.7. The van der Waals surface area contributed by atoms with Gasteiger partial charge in [0.25, 0.3) is 5.91 Å². The zero-order valence-electron chi connectivity index (χ0n) is 30.8. The minimum Gasteiger partial charge on any atom is -0.508 e. The largest absolute Gasteiger partial charge is 0.508 e. The van der Waals surface area contributed by atoms with Crippen LogP contribution in [0.25, 0.3) is 11.2 Å². The van der Waals surface area contributed by atoms with Gasteiger partial charge in [-0.3, -0.25) is 9.36 Å². The lowest BCUT2D eigenvalue weighted by Gasteiger charge is -2.40. The van der Waals surface area contributed by atoms with E-state index in [1.807, 2.05) is 47.4 Å². The highest BCUT2D eigenvalue weighted by Crippen LogP contribution is 2.44. The van der Waals surface area contributed by atoms with Crippen LogP contribution in [0.1, 0.15) is 41.9 Å². The number of rotatable bonds is 11. The van der Waals surface area contributed by atoms with E-state index in [0.29, 0.717) is 43.3 Å². The number of phenolic OH excluding ortho intramolecular Hbond substituents is 1. The number of amides is 5. The molecule has 5 amide bonds. The number of carbonyl (C=O) groups is 3. The number of fused-ring (bicyclic) bond motifs is 1. The summed E-state index contributed by atoms with van der Waals surface area (Å²) in [7, 11) is 1.51. The lowest BCUT2D eigenvalue weighted by atomic mass is 9.91. The third-order valence-electron chi connectivity index (χ3n) is 11.0. The number of imidazole rings is 1. The van der Waals surface area contributed by atoms with Crippen LogP contribution in [0.4, 0.5) is 21.4 Å². The van der Waals surface area contributed by atoms with E-state index in [2.05, 4.69) is 40.2 Å². The lowest BCUT2D eigenvalue weighted by molar-refractivity contribution is -0.140. The van der Waals surface area contributed by atoms with Crippen LogP contribution in [0.3, 0.4) is 0 Å². The Morgan fingerprint density at radius 2 is 1.70 bits per heavy atom. The Labute approximate surface area is 322 Å². The highest BCUT2D eigenvalue weighted by Gasteiger charge is 2.60. The molecule has 3 aromatic carbocycles. The first-order valence-electron chi connectivity index (χ1n) is 18.7. The van der Waals surface area contributed by atoms with Gasteiger partial charge < -0.3 is 41.1 Å². The van der Waals surface area contributed by atoms with Crippen molar-refractivity contribution < 1.29 is 29.7 Å². The molecule has 16 nitrogen and oxygen atoms in total. The fraction of sp³-hybridized carbons (Fsp3) is 0.350. The Morgan fingerprint density at radius 1 is 0.964 bits per heavy atom. The number of likely N-dealkylation sites (N-methyl/N-ethyl adjacent to an activating group) is 1. The number of nitrogens with zero attached hydrogens (tertiary/aromatic N) is 7. The van der Waals surface area contributed by atoms with E-state index in [1.54, 1.807) is 22.8 Å². The zero-order valence-corrected chi connectivity index (χ0v) is 30.8. The van der Waals surface area contributed by atoms with E-state index in [4.69, 9.17) is 15.0 Å². The molecule has 1 saturated carbocycles. The molecule has 56 heavy (non-hydrogen) atoms. The number of urea groups is 2. The predicted octanol–water partition coefficient (Wildman–Crippen LogP) is 2.92. The highest BCUT2D eigenvalue weighted by molar-refractivity contribution is 6.02. The minimum absolute atomic E-state index is 0.0693. The Balaban J connectivity index is 1.14. The van der Waals surface area contributed by atoms with E-state index < -0.39 is 29.8 Å². The summed E-state index contributed by atoms with van der Waals surface area (Å²) < 4.78 is 1.54. The van der Waals surface area contributed by atoms with Crippen LogP contribution in [0.5, 0.6) is 5.75 Å². The van der Waals surface area contributed by atoms with Gasteiger partial charge in [0.15, 0.2) is 22.6 Å². The average Bonchev–Trinajstić information content (AvgIpc) is 3.98. The molecule has 1 aliphatic carbocycles. The molecule has 5 aromatic rings. The molecule has 2 aliphatic heterocycles. The Bertz CT molecular complexity index is 2200. The van der Waals surface area contributed by atoms with E-state index >= 15 is 0 Å². The van der Waals surface area contributed by atoms with E-state index in [1.165, 1.54) is 18.3 Å². The maximum atomic E-state index is 13.5. The van der Waals surface area contributed by atoms with E-state index in [-0.39, 0.29) is 55.3 Å². The summed E-state index contributed by atoms with van der Waals surface area (Å²) in [4.78, 5) is 58.9. The molecule has 2 saturated heterocycles. The van der Waals surface area contributed by atoms with Gasteiger partial charge in [-0.15, -0.1) is 0 Å². The fourth-order valence-corrected chi connectivity index (χ4v) is 8.17. The molecule has 3 fully saturated rings. The maximum absolute atomic E-state index is 13.5. The van der Waals surface area contributed by atoms with Gasteiger partial charge in [-0.1, -0.05) is 72.8 Å². The normalized spacial score (nSPS) is 22.4.